The minimum atomic E-state index is -0.356. The molecule has 4 heteroatoms. The van der Waals surface area contributed by atoms with Crippen LogP contribution < -0.4 is 5.32 Å². The lowest BCUT2D eigenvalue weighted by Crippen LogP contribution is -2.46. The molecule has 2 unspecified atom stereocenters. The first kappa shape index (κ1) is 16.4. The summed E-state index contributed by atoms with van der Waals surface area (Å²) in [4.78, 5) is 4.89. The Hall–Kier alpha value is -0.630. The van der Waals surface area contributed by atoms with Crippen molar-refractivity contribution in [2.75, 3.05) is 40.3 Å². The number of nitrogens with one attached hydrogen (secondary N) is 1. The van der Waals surface area contributed by atoms with Crippen molar-refractivity contribution in [1.82, 2.24) is 15.1 Å². The highest BCUT2D eigenvalue weighted by Gasteiger charge is 2.24. The summed E-state index contributed by atoms with van der Waals surface area (Å²) in [6.07, 6.45) is 4.64. The van der Waals surface area contributed by atoms with Gasteiger partial charge in [0.1, 0.15) is 5.54 Å². The van der Waals surface area contributed by atoms with Crippen LogP contribution in [0.4, 0.5) is 0 Å². The van der Waals surface area contributed by atoms with Gasteiger partial charge in [-0.25, -0.2) is 0 Å². The van der Waals surface area contributed by atoms with E-state index in [2.05, 4.69) is 42.2 Å². The fourth-order valence-corrected chi connectivity index (χ4v) is 2.89. The fourth-order valence-electron chi connectivity index (χ4n) is 2.89. The lowest BCUT2D eigenvalue weighted by Gasteiger charge is -2.36. The van der Waals surface area contributed by atoms with Crippen molar-refractivity contribution >= 4 is 0 Å². The van der Waals surface area contributed by atoms with Gasteiger partial charge in [0.25, 0.3) is 0 Å². The van der Waals surface area contributed by atoms with Crippen molar-refractivity contribution in [3.8, 4) is 6.07 Å². The second kappa shape index (κ2) is 7.84. The Balaban J connectivity index is 2.31. The molecule has 0 aromatic rings. The molecule has 110 valence electrons. The van der Waals surface area contributed by atoms with Crippen LogP contribution in [0.2, 0.25) is 0 Å². The summed E-state index contributed by atoms with van der Waals surface area (Å²) in [7, 11) is 4.35. The average molecular weight is 266 g/mol. The maximum Gasteiger partial charge on any atom is 0.103 e. The maximum atomic E-state index is 9.24. The zero-order chi connectivity index (χ0) is 14.3. The van der Waals surface area contributed by atoms with E-state index in [0.29, 0.717) is 6.04 Å². The largest absolute Gasteiger partial charge is 0.305 e. The highest BCUT2D eigenvalue weighted by molar-refractivity contribution is 5.03. The van der Waals surface area contributed by atoms with Crippen molar-refractivity contribution < 1.29 is 0 Å². The molecule has 0 aliphatic carbocycles. The monoisotopic (exact) mass is 266 g/mol. The predicted molar refractivity (Wildman–Crippen MR) is 80.1 cm³/mol. The minimum absolute atomic E-state index is 0.356. The van der Waals surface area contributed by atoms with E-state index in [4.69, 9.17) is 0 Å². The summed E-state index contributed by atoms with van der Waals surface area (Å²) in [6.45, 7) is 8.44. The Kier molecular flexibility index (Phi) is 6.78. The molecule has 1 saturated heterocycles. The number of hydrogen-bond donors (Lipinski definition) is 1. The molecular formula is C15H30N4. The van der Waals surface area contributed by atoms with E-state index in [1.807, 2.05) is 6.92 Å². The number of nitrogens with zero attached hydrogens (tertiary/aromatic N) is 3. The van der Waals surface area contributed by atoms with Gasteiger partial charge in [0.15, 0.2) is 0 Å². The van der Waals surface area contributed by atoms with Crippen molar-refractivity contribution in [2.24, 2.45) is 0 Å². The van der Waals surface area contributed by atoms with Crippen LogP contribution in [0.1, 0.15) is 39.5 Å². The van der Waals surface area contributed by atoms with Crippen LogP contribution in [-0.2, 0) is 0 Å². The second-order valence-corrected chi connectivity index (χ2v) is 6.14. The van der Waals surface area contributed by atoms with Gasteiger partial charge < -0.3 is 9.80 Å². The number of likely N-dealkylation sites (tertiary alicyclic amines) is 1. The highest BCUT2D eigenvalue weighted by atomic mass is 15.2. The molecule has 0 radical (unpaired) electrons. The number of rotatable bonds is 7. The molecule has 2 atom stereocenters. The Morgan fingerprint density at radius 1 is 1.47 bits per heavy atom. The summed E-state index contributed by atoms with van der Waals surface area (Å²) in [6, 6.07) is 3.11. The third-order valence-electron chi connectivity index (χ3n) is 4.18. The summed E-state index contributed by atoms with van der Waals surface area (Å²) in [5.41, 5.74) is -0.356. The standard InChI is InChI=1S/C15H30N4/c1-5-17-15(2,13-16)9-7-11-19-10-6-8-14(12-19)18(3)4/h14,17H,5-12H2,1-4H3. The maximum absolute atomic E-state index is 9.24. The molecule has 19 heavy (non-hydrogen) atoms. The molecule has 1 aliphatic rings. The van der Waals surface area contributed by atoms with Gasteiger partial charge in [-0.05, 0) is 66.3 Å². The molecule has 0 aromatic heterocycles. The predicted octanol–water partition coefficient (Wildman–Crippen LogP) is 1.68. The van der Waals surface area contributed by atoms with E-state index >= 15 is 0 Å². The van der Waals surface area contributed by atoms with E-state index in [9.17, 15) is 5.26 Å². The Bertz CT molecular complexity index is 297. The van der Waals surface area contributed by atoms with Crippen molar-refractivity contribution in [2.45, 2.75) is 51.1 Å². The summed E-state index contributed by atoms with van der Waals surface area (Å²) in [5, 5.41) is 12.5. The first-order chi connectivity index (χ1) is 9.00. The zero-order valence-electron chi connectivity index (χ0n) is 13.1. The smallest absolute Gasteiger partial charge is 0.103 e. The molecule has 0 aromatic carbocycles. The Morgan fingerprint density at radius 3 is 2.79 bits per heavy atom. The molecule has 1 N–H and O–H groups in total. The molecule has 4 nitrogen and oxygen atoms in total. The molecule has 0 amide bonds. The van der Waals surface area contributed by atoms with Crippen LogP contribution in [0.25, 0.3) is 0 Å². The Labute approximate surface area is 118 Å². The summed E-state index contributed by atoms with van der Waals surface area (Å²) < 4.78 is 0. The van der Waals surface area contributed by atoms with Crippen molar-refractivity contribution in [3.63, 3.8) is 0 Å². The lowest BCUT2D eigenvalue weighted by atomic mass is 9.97. The van der Waals surface area contributed by atoms with Crippen LogP contribution in [0.15, 0.2) is 0 Å². The van der Waals surface area contributed by atoms with Crippen LogP contribution in [0, 0.1) is 11.3 Å². The summed E-state index contributed by atoms with van der Waals surface area (Å²) in [5.74, 6) is 0. The van der Waals surface area contributed by atoms with Crippen molar-refractivity contribution in [1.29, 1.82) is 5.26 Å². The SMILES string of the molecule is CCNC(C)(C#N)CCCN1CCCC(N(C)C)C1. The van der Waals surface area contributed by atoms with Crippen LogP contribution in [0.3, 0.4) is 0 Å². The third-order valence-corrected chi connectivity index (χ3v) is 4.18. The fraction of sp³-hybridized carbons (Fsp3) is 0.933. The number of piperidine rings is 1. The molecule has 1 fully saturated rings. The van der Waals surface area contributed by atoms with E-state index in [1.165, 1.54) is 25.9 Å². The van der Waals surface area contributed by atoms with Gasteiger partial charge in [-0.3, -0.25) is 5.32 Å². The quantitative estimate of drug-likeness (QED) is 0.761. The van der Waals surface area contributed by atoms with Crippen LogP contribution in [0.5, 0.6) is 0 Å². The van der Waals surface area contributed by atoms with Gasteiger partial charge >= 0.3 is 0 Å². The Morgan fingerprint density at radius 2 is 2.21 bits per heavy atom. The first-order valence-corrected chi connectivity index (χ1v) is 7.56. The molecule has 0 bridgehead atoms. The molecular weight excluding hydrogens is 236 g/mol. The first-order valence-electron chi connectivity index (χ1n) is 7.56. The minimum Gasteiger partial charge on any atom is -0.305 e. The van der Waals surface area contributed by atoms with Gasteiger partial charge in [0.05, 0.1) is 6.07 Å². The van der Waals surface area contributed by atoms with Gasteiger partial charge in [-0.2, -0.15) is 5.26 Å². The zero-order valence-corrected chi connectivity index (χ0v) is 13.1. The van der Waals surface area contributed by atoms with Crippen LogP contribution in [-0.4, -0.2) is 61.7 Å². The van der Waals surface area contributed by atoms with E-state index in [1.54, 1.807) is 0 Å². The second-order valence-electron chi connectivity index (χ2n) is 6.14. The van der Waals surface area contributed by atoms with E-state index < -0.39 is 0 Å². The van der Waals surface area contributed by atoms with Gasteiger partial charge in [-0.15, -0.1) is 0 Å². The van der Waals surface area contributed by atoms with Gasteiger partial charge in [0.2, 0.25) is 0 Å². The lowest BCUT2D eigenvalue weighted by molar-refractivity contribution is 0.130. The average Bonchev–Trinajstić information content (AvgIpc) is 2.39. The van der Waals surface area contributed by atoms with Crippen LogP contribution >= 0.6 is 0 Å². The van der Waals surface area contributed by atoms with E-state index in [0.717, 1.165) is 25.9 Å². The van der Waals surface area contributed by atoms with Gasteiger partial charge in [0, 0.05) is 12.6 Å². The molecule has 1 rings (SSSR count). The third kappa shape index (κ3) is 5.48. The highest BCUT2D eigenvalue weighted by Crippen LogP contribution is 2.16. The molecule has 1 heterocycles. The summed E-state index contributed by atoms with van der Waals surface area (Å²) >= 11 is 0. The van der Waals surface area contributed by atoms with Gasteiger partial charge in [-0.1, -0.05) is 6.92 Å². The normalized spacial score (nSPS) is 24.1. The molecule has 1 aliphatic heterocycles. The van der Waals surface area contributed by atoms with Crippen molar-refractivity contribution in [3.05, 3.63) is 0 Å². The molecule has 0 saturated carbocycles. The number of hydrogen-bond acceptors (Lipinski definition) is 4. The number of nitriles is 1. The number of likely N-dealkylation sites (N-methyl/N-ethyl adjacent to an activating group) is 1. The molecule has 0 spiro atoms. The van der Waals surface area contributed by atoms with E-state index in [-0.39, 0.29) is 5.54 Å². The topological polar surface area (TPSA) is 42.3 Å².